The van der Waals surface area contributed by atoms with Crippen LogP contribution >= 0.6 is 0 Å². The second kappa shape index (κ2) is 5.19. The van der Waals surface area contributed by atoms with Gasteiger partial charge in [0.2, 0.25) is 0 Å². The highest BCUT2D eigenvalue weighted by Crippen LogP contribution is 2.22. The normalized spacial score (nSPS) is 17.1. The average Bonchev–Trinajstić information content (AvgIpc) is 3.00. The van der Waals surface area contributed by atoms with Gasteiger partial charge in [0.05, 0.1) is 13.1 Å². The molecule has 0 bridgehead atoms. The summed E-state index contributed by atoms with van der Waals surface area (Å²) in [5.41, 5.74) is 2.58. The Labute approximate surface area is 123 Å². The summed E-state index contributed by atoms with van der Waals surface area (Å²) in [7, 11) is 0. The maximum Gasteiger partial charge on any atom is 0.251 e. The topological polar surface area (TPSA) is 47.2 Å². The highest BCUT2D eigenvalue weighted by atomic mass is 16.3. The van der Waals surface area contributed by atoms with Crippen LogP contribution in [-0.2, 0) is 25.9 Å². The van der Waals surface area contributed by atoms with E-state index in [1.54, 1.807) is 6.07 Å². The minimum Gasteiger partial charge on any atom is -0.463 e. The van der Waals surface area contributed by atoms with Crippen molar-refractivity contribution in [1.82, 2.24) is 9.88 Å². The zero-order valence-corrected chi connectivity index (χ0v) is 12.1. The number of pyridine rings is 1. The molecule has 0 saturated heterocycles. The Hall–Kier alpha value is -1.81. The summed E-state index contributed by atoms with van der Waals surface area (Å²) >= 11 is 0. The van der Waals surface area contributed by atoms with Crippen molar-refractivity contribution in [3.8, 4) is 0 Å². The molecule has 0 spiro atoms. The van der Waals surface area contributed by atoms with Crippen LogP contribution in [0, 0.1) is 0 Å². The number of furan rings is 1. The van der Waals surface area contributed by atoms with Crippen LogP contribution in [0.5, 0.6) is 0 Å². The zero-order valence-electron chi connectivity index (χ0n) is 12.1. The number of aromatic nitrogens is 1. The lowest BCUT2D eigenvalue weighted by atomic mass is 10.2. The summed E-state index contributed by atoms with van der Waals surface area (Å²) in [5.74, 6) is 1.82. The molecule has 0 amide bonds. The smallest absolute Gasteiger partial charge is 0.251 e. The number of fused-ring (bicyclic) bond motifs is 1. The molecule has 2 aliphatic rings. The van der Waals surface area contributed by atoms with Gasteiger partial charge in [-0.05, 0) is 49.8 Å². The Bertz CT molecular complexity index is 710. The molecular formula is C17H20N2O2. The fourth-order valence-corrected chi connectivity index (χ4v) is 3.10. The molecule has 0 radical (unpaired) electrons. The van der Waals surface area contributed by atoms with Crippen molar-refractivity contribution in [1.29, 1.82) is 0 Å². The highest BCUT2D eigenvalue weighted by Gasteiger charge is 2.21. The minimum atomic E-state index is 0.0738. The first kappa shape index (κ1) is 12.9. The number of nitrogens with one attached hydrogen (secondary N) is 1. The fraction of sp³-hybridized carbons (Fsp3) is 0.471. The van der Waals surface area contributed by atoms with E-state index in [0.29, 0.717) is 12.6 Å². The second-order valence-electron chi connectivity index (χ2n) is 6.11. The molecule has 0 aliphatic heterocycles. The van der Waals surface area contributed by atoms with Gasteiger partial charge in [-0.25, -0.2) is 0 Å². The molecule has 4 nitrogen and oxygen atoms in total. The molecule has 1 saturated carbocycles. The predicted octanol–water partition coefficient (Wildman–Crippen LogP) is 2.23. The van der Waals surface area contributed by atoms with Gasteiger partial charge >= 0.3 is 0 Å². The first-order chi connectivity index (χ1) is 10.3. The molecular weight excluding hydrogens is 264 g/mol. The number of hydrogen-bond donors (Lipinski definition) is 1. The molecule has 0 aromatic carbocycles. The van der Waals surface area contributed by atoms with Crippen molar-refractivity contribution in [3.05, 3.63) is 57.4 Å². The Kier molecular flexibility index (Phi) is 3.19. The van der Waals surface area contributed by atoms with Crippen molar-refractivity contribution < 1.29 is 4.42 Å². The first-order valence-electron chi connectivity index (χ1n) is 7.82. The predicted molar refractivity (Wildman–Crippen MR) is 80.4 cm³/mol. The van der Waals surface area contributed by atoms with E-state index < -0.39 is 0 Å². The van der Waals surface area contributed by atoms with Crippen molar-refractivity contribution in [2.24, 2.45) is 0 Å². The van der Waals surface area contributed by atoms with E-state index in [9.17, 15) is 4.79 Å². The lowest BCUT2D eigenvalue weighted by Crippen LogP contribution is -2.23. The van der Waals surface area contributed by atoms with Crippen LogP contribution in [0.2, 0.25) is 0 Å². The van der Waals surface area contributed by atoms with Gasteiger partial charge in [0, 0.05) is 17.8 Å². The Morgan fingerprint density at radius 3 is 2.86 bits per heavy atom. The molecule has 2 aromatic rings. The largest absolute Gasteiger partial charge is 0.463 e. The van der Waals surface area contributed by atoms with Crippen molar-refractivity contribution in [2.45, 2.75) is 51.2 Å². The SMILES string of the molecule is O=c1ccc2c(n1Cc1ccc(CNC3CC3)o1)CCC2. The van der Waals surface area contributed by atoms with Crippen LogP contribution < -0.4 is 10.9 Å². The third-order valence-electron chi connectivity index (χ3n) is 4.42. The van der Waals surface area contributed by atoms with E-state index in [2.05, 4.69) is 5.32 Å². The molecule has 110 valence electrons. The van der Waals surface area contributed by atoms with Gasteiger partial charge < -0.3 is 14.3 Å². The molecule has 4 rings (SSSR count). The van der Waals surface area contributed by atoms with Crippen molar-refractivity contribution in [3.63, 3.8) is 0 Å². The summed E-state index contributed by atoms with van der Waals surface area (Å²) in [6.07, 6.45) is 5.79. The summed E-state index contributed by atoms with van der Waals surface area (Å²) in [4.78, 5) is 12.1. The molecule has 4 heteroatoms. The standard InChI is InChI=1S/C17H20N2O2/c20-17-9-4-12-2-1-3-16(12)19(17)11-15-8-7-14(21-15)10-18-13-5-6-13/h4,7-9,13,18H,1-3,5-6,10-11H2. The molecule has 1 N–H and O–H groups in total. The van der Waals surface area contributed by atoms with Gasteiger partial charge in [0.1, 0.15) is 11.5 Å². The lowest BCUT2D eigenvalue weighted by molar-refractivity contribution is 0.433. The molecule has 2 aromatic heterocycles. The molecule has 0 unspecified atom stereocenters. The van der Waals surface area contributed by atoms with Crippen LogP contribution in [0.4, 0.5) is 0 Å². The van der Waals surface area contributed by atoms with Gasteiger partial charge in [-0.3, -0.25) is 4.79 Å². The monoisotopic (exact) mass is 284 g/mol. The highest BCUT2D eigenvalue weighted by molar-refractivity contribution is 5.26. The van der Waals surface area contributed by atoms with Crippen LogP contribution in [-0.4, -0.2) is 10.6 Å². The maximum atomic E-state index is 12.1. The van der Waals surface area contributed by atoms with E-state index in [1.165, 1.54) is 24.1 Å². The summed E-state index contributed by atoms with van der Waals surface area (Å²) in [6, 6.07) is 8.35. The first-order valence-corrected chi connectivity index (χ1v) is 7.82. The number of nitrogens with zero attached hydrogens (tertiary/aromatic N) is 1. The third kappa shape index (κ3) is 2.68. The molecule has 0 atom stereocenters. The van der Waals surface area contributed by atoms with E-state index >= 15 is 0 Å². The number of rotatable bonds is 5. The van der Waals surface area contributed by atoms with Crippen molar-refractivity contribution >= 4 is 0 Å². The van der Waals surface area contributed by atoms with Gasteiger partial charge in [0.15, 0.2) is 0 Å². The van der Waals surface area contributed by atoms with Gasteiger partial charge in [0.25, 0.3) is 5.56 Å². The van der Waals surface area contributed by atoms with E-state index in [0.717, 1.165) is 37.3 Å². The summed E-state index contributed by atoms with van der Waals surface area (Å²) < 4.78 is 7.73. The summed E-state index contributed by atoms with van der Waals surface area (Å²) in [6.45, 7) is 1.33. The fourth-order valence-electron chi connectivity index (χ4n) is 3.10. The Morgan fingerprint density at radius 1 is 1.14 bits per heavy atom. The lowest BCUT2D eigenvalue weighted by Gasteiger charge is -2.10. The summed E-state index contributed by atoms with van der Waals surface area (Å²) in [5, 5.41) is 3.44. The van der Waals surface area contributed by atoms with E-state index in [4.69, 9.17) is 4.42 Å². The zero-order chi connectivity index (χ0) is 14.2. The number of aryl methyl sites for hydroxylation is 1. The molecule has 2 aliphatic carbocycles. The molecule has 21 heavy (non-hydrogen) atoms. The maximum absolute atomic E-state index is 12.1. The van der Waals surface area contributed by atoms with Crippen molar-refractivity contribution in [2.75, 3.05) is 0 Å². The van der Waals surface area contributed by atoms with Gasteiger partial charge in [-0.2, -0.15) is 0 Å². The molecule has 2 heterocycles. The van der Waals surface area contributed by atoms with Crippen LogP contribution in [0.25, 0.3) is 0 Å². The van der Waals surface area contributed by atoms with Gasteiger partial charge in [-0.1, -0.05) is 6.07 Å². The molecule has 1 fully saturated rings. The number of hydrogen-bond acceptors (Lipinski definition) is 3. The Balaban J connectivity index is 1.53. The van der Waals surface area contributed by atoms with E-state index in [-0.39, 0.29) is 5.56 Å². The minimum absolute atomic E-state index is 0.0738. The van der Waals surface area contributed by atoms with Crippen LogP contribution in [0.15, 0.2) is 33.5 Å². The quantitative estimate of drug-likeness (QED) is 0.916. The van der Waals surface area contributed by atoms with E-state index in [1.807, 2.05) is 22.8 Å². The van der Waals surface area contributed by atoms with Crippen LogP contribution in [0.1, 0.15) is 42.0 Å². The van der Waals surface area contributed by atoms with Gasteiger partial charge in [-0.15, -0.1) is 0 Å². The second-order valence-corrected chi connectivity index (χ2v) is 6.11. The average molecular weight is 284 g/mol. The van der Waals surface area contributed by atoms with Crippen LogP contribution in [0.3, 0.4) is 0 Å². The third-order valence-corrected chi connectivity index (χ3v) is 4.42. The Morgan fingerprint density at radius 2 is 2.00 bits per heavy atom.